The van der Waals surface area contributed by atoms with E-state index in [1.54, 1.807) is 16.3 Å². The fraction of sp³-hybridized carbons (Fsp3) is 0.300. The van der Waals surface area contributed by atoms with E-state index >= 15 is 0 Å². The Hall–Kier alpha value is -3.00. The third-order valence-corrected chi connectivity index (χ3v) is 5.60. The number of ether oxygens (including phenoxy) is 1. The standard InChI is InChI=1S/C20H20N4O3S/c1-24-10-14(9-21-24)19-23-17(12-28-19)20(26)27-11-18(25)22-16-8-4-6-13-5-2-3-7-15(13)16/h2-3,5,7,9-10,12,16H,4,6,8,11H2,1H3,(H,22,25). The number of nitrogens with one attached hydrogen (secondary N) is 1. The van der Waals surface area contributed by atoms with Gasteiger partial charge in [0.1, 0.15) is 5.01 Å². The Kier molecular flexibility index (Phi) is 5.21. The van der Waals surface area contributed by atoms with Gasteiger partial charge in [-0.15, -0.1) is 11.3 Å². The zero-order valence-electron chi connectivity index (χ0n) is 15.4. The van der Waals surface area contributed by atoms with Crippen LogP contribution in [0.5, 0.6) is 0 Å². The van der Waals surface area contributed by atoms with Crippen molar-refractivity contribution in [2.24, 2.45) is 7.05 Å². The van der Waals surface area contributed by atoms with Crippen molar-refractivity contribution in [3.63, 3.8) is 0 Å². The van der Waals surface area contributed by atoms with Crippen LogP contribution in [0.3, 0.4) is 0 Å². The number of fused-ring (bicyclic) bond motifs is 1. The first-order valence-corrected chi connectivity index (χ1v) is 9.97. The molecule has 2 aromatic heterocycles. The fourth-order valence-electron chi connectivity index (χ4n) is 3.38. The number of hydrogen-bond donors (Lipinski definition) is 1. The predicted octanol–water partition coefficient (Wildman–Crippen LogP) is 2.89. The van der Waals surface area contributed by atoms with Crippen LogP contribution in [-0.4, -0.2) is 33.2 Å². The topological polar surface area (TPSA) is 86.1 Å². The fourth-order valence-corrected chi connectivity index (χ4v) is 4.14. The summed E-state index contributed by atoms with van der Waals surface area (Å²) in [4.78, 5) is 28.8. The lowest BCUT2D eigenvalue weighted by Gasteiger charge is -2.26. The normalized spacial score (nSPS) is 15.7. The lowest BCUT2D eigenvalue weighted by molar-refractivity contribution is -0.125. The summed E-state index contributed by atoms with van der Waals surface area (Å²) in [5.74, 6) is -0.914. The molecule has 0 saturated heterocycles. The van der Waals surface area contributed by atoms with Crippen LogP contribution in [0, 0.1) is 0 Å². The summed E-state index contributed by atoms with van der Waals surface area (Å²) >= 11 is 1.33. The molecule has 3 aromatic rings. The Labute approximate surface area is 166 Å². The number of nitrogens with zero attached hydrogens (tertiary/aromatic N) is 3. The second-order valence-corrected chi connectivity index (χ2v) is 7.59. The molecular formula is C20H20N4O3S. The van der Waals surface area contributed by atoms with Gasteiger partial charge in [-0.25, -0.2) is 9.78 Å². The Morgan fingerprint density at radius 1 is 1.36 bits per heavy atom. The second-order valence-electron chi connectivity index (χ2n) is 6.73. The van der Waals surface area contributed by atoms with Gasteiger partial charge in [-0.3, -0.25) is 9.48 Å². The molecule has 0 spiro atoms. The third kappa shape index (κ3) is 3.96. The van der Waals surface area contributed by atoms with E-state index in [4.69, 9.17) is 4.74 Å². The molecule has 144 valence electrons. The molecule has 0 radical (unpaired) electrons. The summed E-state index contributed by atoms with van der Waals surface area (Å²) in [6.07, 6.45) is 6.45. The van der Waals surface area contributed by atoms with E-state index in [0.29, 0.717) is 5.01 Å². The molecule has 1 unspecified atom stereocenters. The number of carbonyl (C=O) groups is 2. The summed E-state index contributed by atoms with van der Waals surface area (Å²) in [6.45, 7) is -0.322. The molecule has 0 bridgehead atoms. The lowest BCUT2D eigenvalue weighted by Crippen LogP contribution is -2.34. The van der Waals surface area contributed by atoms with Crippen molar-refractivity contribution >= 4 is 23.2 Å². The van der Waals surface area contributed by atoms with Crippen molar-refractivity contribution in [2.45, 2.75) is 25.3 Å². The maximum Gasteiger partial charge on any atom is 0.358 e. The van der Waals surface area contributed by atoms with Gasteiger partial charge in [0, 0.05) is 24.2 Å². The number of benzene rings is 1. The highest BCUT2D eigenvalue weighted by molar-refractivity contribution is 7.13. The van der Waals surface area contributed by atoms with E-state index in [1.807, 2.05) is 31.4 Å². The molecule has 0 fully saturated rings. The monoisotopic (exact) mass is 396 g/mol. The number of aromatic nitrogens is 3. The van der Waals surface area contributed by atoms with E-state index in [2.05, 4.69) is 21.5 Å². The van der Waals surface area contributed by atoms with Crippen LogP contribution in [0.2, 0.25) is 0 Å². The Balaban J connectivity index is 1.33. The van der Waals surface area contributed by atoms with Crippen molar-refractivity contribution in [3.8, 4) is 10.6 Å². The van der Waals surface area contributed by atoms with E-state index < -0.39 is 5.97 Å². The average Bonchev–Trinajstić information content (AvgIpc) is 3.35. The minimum absolute atomic E-state index is 0.0346. The highest BCUT2D eigenvalue weighted by Crippen LogP contribution is 2.29. The molecule has 8 heteroatoms. The van der Waals surface area contributed by atoms with Gasteiger partial charge in [0.2, 0.25) is 0 Å². The quantitative estimate of drug-likeness (QED) is 0.670. The maximum absolute atomic E-state index is 12.3. The van der Waals surface area contributed by atoms with Crippen LogP contribution in [0.15, 0.2) is 42.0 Å². The van der Waals surface area contributed by atoms with Crippen molar-refractivity contribution in [1.82, 2.24) is 20.1 Å². The molecule has 1 aliphatic rings. The SMILES string of the molecule is Cn1cc(-c2nc(C(=O)OCC(=O)NC3CCCc4ccccc43)cs2)cn1. The van der Waals surface area contributed by atoms with Crippen LogP contribution >= 0.6 is 11.3 Å². The number of amides is 1. The summed E-state index contributed by atoms with van der Waals surface area (Å²) < 4.78 is 6.82. The summed E-state index contributed by atoms with van der Waals surface area (Å²) in [7, 11) is 1.82. The molecule has 1 N–H and O–H groups in total. The molecule has 1 aliphatic carbocycles. The van der Waals surface area contributed by atoms with E-state index in [0.717, 1.165) is 30.4 Å². The van der Waals surface area contributed by atoms with Gasteiger partial charge in [0.25, 0.3) is 5.91 Å². The van der Waals surface area contributed by atoms with Crippen molar-refractivity contribution < 1.29 is 14.3 Å². The minimum atomic E-state index is -0.606. The summed E-state index contributed by atoms with van der Waals surface area (Å²) in [5, 5.41) is 9.37. The maximum atomic E-state index is 12.3. The number of rotatable bonds is 5. The molecule has 28 heavy (non-hydrogen) atoms. The highest BCUT2D eigenvalue weighted by atomic mass is 32.1. The average molecular weight is 396 g/mol. The van der Waals surface area contributed by atoms with Gasteiger partial charge in [-0.2, -0.15) is 5.10 Å². The molecule has 1 atom stereocenters. The smallest absolute Gasteiger partial charge is 0.358 e. The number of hydrogen-bond acceptors (Lipinski definition) is 6. The van der Waals surface area contributed by atoms with E-state index in [1.165, 1.54) is 16.9 Å². The Morgan fingerprint density at radius 2 is 2.21 bits per heavy atom. The predicted molar refractivity (Wildman–Crippen MR) is 105 cm³/mol. The van der Waals surface area contributed by atoms with Crippen molar-refractivity contribution in [1.29, 1.82) is 0 Å². The first kappa shape index (κ1) is 18.4. The van der Waals surface area contributed by atoms with Gasteiger partial charge in [-0.05, 0) is 30.4 Å². The van der Waals surface area contributed by atoms with Crippen LogP contribution in [0.1, 0.15) is 40.5 Å². The number of esters is 1. The van der Waals surface area contributed by atoms with Crippen LogP contribution < -0.4 is 5.32 Å². The second kappa shape index (κ2) is 7.93. The molecule has 4 rings (SSSR count). The Bertz CT molecular complexity index is 1010. The minimum Gasteiger partial charge on any atom is -0.451 e. The molecule has 0 saturated carbocycles. The molecule has 7 nitrogen and oxygen atoms in total. The molecule has 2 heterocycles. The van der Waals surface area contributed by atoms with Gasteiger partial charge >= 0.3 is 5.97 Å². The Morgan fingerprint density at radius 3 is 3.04 bits per heavy atom. The molecular weight excluding hydrogens is 376 g/mol. The highest BCUT2D eigenvalue weighted by Gasteiger charge is 2.22. The first-order valence-electron chi connectivity index (χ1n) is 9.09. The van der Waals surface area contributed by atoms with Crippen molar-refractivity contribution in [3.05, 3.63) is 58.9 Å². The molecule has 1 amide bonds. The van der Waals surface area contributed by atoms with Gasteiger partial charge in [0.05, 0.1) is 12.2 Å². The van der Waals surface area contributed by atoms with Gasteiger partial charge in [0.15, 0.2) is 12.3 Å². The van der Waals surface area contributed by atoms with Gasteiger partial charge in [-0.1, -0.05) is 24.3 Å². The number of aryl methyl sites for hydroxylation is 2. The van der Waals surface area contributed by atoms with Crippen molar-refractivity contribution in [2.75, 3.05) is 6.61 Å². The molecule has 0 aliphatic heterocycles. The zero-order valence-corrected chi connectivity index (χ0v) is 16.2. The summed E-state index contributed by atoms with van der Waals surface area (Å²) in [6, 6.07) is 8.09. The van der Waals surface area contributed by atoms with E-state index in [-0.39, 0.29) is 24.2 Å². The zero-order chi connectivity index (χ0) is 19.5. The van der Waals surface area contributed by atoms with Crippen LogP contribution in [0.25, 0.3) is 10.6 Å². The third-order valence-electron chi connectivity index (χ3n) is 4.70. The van der Waals surface area contributed by atoms with Gasteiger partial charge < -0.3 is 10.1 Å². The van der Waals surface area contributed by atoms with E-state index in [9.17, 15) is 9.59 Å². The first-order chi connectivity index (χ1) is 13.6. The largest absolute Gasteiger partial charge is 0.451 e. The number of thiazole rings is 1. The molecule has 1 aromatic carbocycles. The lowest BCUT2D eigenvalue weighted by atomic mass is 9.88. The number of carbonyl (C=O) groups excluding carboxylic acids is 2. The van der Waals surface area contributed by atoms with Crippen LogP contribution in [0.4, 0.5) is 0 Å². The van der Waals surface area contributed by atoms with Crippen LogP contribution in [-0.2, 0) is 23.0 Å². The summed E-state index contributed by atoms with van der Waals surface area (Å²) in [5.41, 5.74) is 3.44.